The summed E-state index contributed by atoms with van der Waals surface area (Å²) in [5.41, 5.74) is 6.12. The zero-order valence-electron chi connectivity index (χ0n) is 10.8. The van der Waals surface area contributed by atoms with Crippen LogP contribution in [-0.2, 0) is 0 Å². The van der Waals surface area contributed by atoms with Crippen LogP contribution in [-0.4, -0.2) is 28.5 Å². The molecule has 98 valence electrons. The lowest BCUT2D eigenvalue weighted by atomic mass is 9.92. The first kappa shape index (κ1) is 14.0. The number of carbonyl (C=O) groups is 1. The van der Waals surface area contributed by atoms with Crippen molar-refractivity contribution in [3.05, 3.63) is 29.6 Å². The molecule has 4 N–H and O–H groups in total. The summed E-state index contributed by atoms with van der Waals surface area (Å²) in [5, 5.41) is 14.3. The summed E-state index contributed by atoms with van der Waals surface area (Å²) in [6.45, 7) is 5.59. The van der Waals surface area contributed by atoms with Crippen molar-refractivity contribution in [2.75, 3.05) is 6.54 Å². The maximum Gasteiger partial charge on any atom is 0.253 e. The number of aryl methyl sites for hydroxylation is 1. The number of carbonyl (C=O) groups excluding carboxylic acids is 1. The van der Waals surface area contributed by atoms with E-state index in [1.807, 2.05) is 0 Å². The van der Waals surface area contributed by atoms with E-state index in [0.717, 1.165) is 0 Å². The van der Waals surface area contributed by atoms with Gasteiger partial charge in [0, 0.05) is 23.9 Å². The zero-order chi connectivity index (χ0) is 13.8. The molecule has 0 radical (unpaired) electrons. The van der Waals surface area contributed by atoms with Crippen molar-refractivity contribution in [2.45, 2.75) is 20.8 Å². The highest BCUT2D eigenvalue weighted by molar-refractivity contribution is 5.95. The van der Waals surface area contributed by atoms with Crippen LogP contribution in [0.5, 0.6) is 0 Å². The monoisotopic (exact) mass is 250 g/mol. The minimum absolute atomic E-state index is 0.0747. The topological polar surface area (TPSA) is 101 Å². The quantitative estimate of drug-likeness (QED) is 0.320. The molecular formula is C12H18N4O2. The van der Waals surface area contributed by atoms with Gasteiger partial charge in [-0.3, -0.25) is 9.78 Å². The molecule has 0 aliphatic rings. The SMILES string of the molecule is Cc1ncccc1C(=O)NCC(C)(C)/C(N)=N/O. The van der Waals surface area contributed by atoms with E-state index in [4.69, 9.17) is 10.9 Å². The van der Waals surface area contributed by atoms with Crippen molar-refractivity contribution < 1.29 is 10.0 Å². The first-order valence-electron chi connectivity index (χ1n) is 5.56. The Labute approximate surface area is 106 Å². The fraction of sp³-hybridized carbons (Fsp3) is 0.417. The zero-order valence-corrected chi connectivity index (χ0v) is 10.8. The molecule has 6 heteroatoms. The fourth-order valence-electron chi connectivity index (χ4n) is 1.35. The Hall–Kier alpha value is -2.11. The van der Waals surface area contributed by atoms with Crippen LogP contribution < -0.4 is 11.1 Å². The minimum atomic E-state index is -0.611. The number of amides is 1. The number of amidine groups is 1. The van der Waals surface area contributed by atoms with Gasteiger partial charge >= 0.3 is 0 Å². The first-order chi connectivity index (χ1) is 8.38. The van der Waals surface area contributed by atoms with Gasteiger partial charge in [-0.15, -0.1) is 0 Å². The van der Waals surface area contributed by atoms with Crippen LogP contribution in [0.3, 0.4) is 0 Å². The number of rotatable bonds is 4. The maximum atomic E-state index is 11.9. The average Bonchev–Trinajstić information content (AvgIpc) is 2.35. The van der Waals surface area contributed by atoms with E-state index in [0.29, 0.717) is 11.3 Å². The standard InChI is InChI=1S/C12H18N4O2/c1-8-9(5-4-6-14-8)10(17)15-7-12(2,3)11(13)16-18/h4-6,18H,7H2,1-3H3,(H2,13,16)(H,15,17). The summed E-state index contributed by atoms with van der Waals surface area (Å²) in [6.07, 6.45) is 1.63. The second-order valence-electron chi connectivity index (χ2n) is 4.69. The molecule has 0 aliphatic carbocycles. The molecule has 0 fully saturated rings. The van der Waals surface area contributed by atoms with E-state index in [1.54, 1.807) is 39.1 Å². The number of oxime groups is 1. The Bertz CT molecular complexity index is 469. The highest BCUT2D eigenvalue weighted by Crippen LogP contribution is 2.14. The largest absolute Gasteiger partial charge is 0.409 e. The average molecular weight is 250 g/mol. The summed E-state index contributed by atoms with van der Waals surface area (Å²) in [5.74, 6) is -0.148. The Balaban J connectivity index is 2.71. The molecule has 0 atom stereocenters. The lowest BCUT2D eigenvalue weighted by Crippen LogP contribution is -2.42. The predicted octanol–water partition coefficient (Wildman–Crippen LogP) is 0.892. The molecule has 1 aromatic heterocycles. The van der Waals surface area contributed by atoms with E-state index in [9.17, 15) is 4.79 Å². The number of aromatic nitrogens is 1. The number of nitrogens with zero attached hydrogens (tertiary/aromatic N) is 2. The second-order valence-corrected chi connectivity index (χ2v) is 4.69. The lowest BCUT2D eigenvalue weighted by Gasteiger charge is -2.23. The van der Waals surface area contributed by atoms with E-state index in [-0.39, 0.29) is 18.3 Å². The maximum absolute atomic E-state index is 11.9. The van der Waals surface area contributed by atoms with Crippen LogP contribution in [0.1, 0.15) is 29.9 Å². The van der Waals surface area contributed by atoms with E-state index < -0.39 is 5.41 Å². The number of nitrogens with one attached hydrogen (secondary N) is 1. The van der Waals surface area contributed by atoms with Crippen molar-refractivity contribution in [2.24, 2.45) is 16.3 Å². The minimum Gasteiger partial charge on any atom is -0.409 e. The second kappa shape index (κ2) is 5.48. The lowest BCUT2D eigenvalue weighted by molar-refractivity contribution is 0.0943. The van der Waals surface area contributed by atoms with E-state index >= 15 is 0 Å². The number of hydrogen-bond acceptors (Lipinski definition) is 4. The molecular weight excluding hydrogens is 232 g/mol. The smallest absolute Gasteiger partial charge is 0.253 e. The third kappa shape index (κ3) is 3.19. The van der Waals surface area contributed by atoms with Gasteiger partial charge in [0.2, 0.25) is 0 Å². The third-order valence-corrected chi connectivity index (χ3v) is 2.74. The molecule has 0 spiro atoms. The molecule has 1 aromatic rings. The molecule has 0 unspecified atom stereocenters. The number of pyridine rings is 1. The van der Waals surface area contributed by atoms with Gasteiger partial charge in [-0.1, -0.05) is 19.0 Å². The van der Waals surface area contributed by atoms with Gasteiger partial charge < -0.3 is 16.3 Å². The molecule has 18 heavy (non-hydrogen) atoms. The Morgan fingerprint density at radius 2 is 2.28 bits per heavy atom. The molecule has 1 amide bonds. The van der Waals surface area contributed by atoms with Gasteiger partial charge in [0.25, 0.3) is 5.91 Å². The van der Waals surface area contributed by atoms with Crippen molar-refractivity contribution >= 4 is 11.7 Å². The molecule has 0 bridgehead atoms. The van der Waals surface area contributed by atoms with E-state index in [2.05, 4.69) is 15.5 Å². The Kier molecular flexibility index (Phi) is 4.25. The summed E-state index contributed by atoms with van der Waals surface area (Å²) in [7, 11) is 0. The fourth-order valence-corrected chi connectivity index (χ4v) is 1.35. The number of hydrogen-bond donors (Lipinski definition) is 3. The van der Waals surface area contributed by atoms with Crippen molar-refractivity contribution in [3.8, 4) is 0 Å². The van der Waals surface area contributed by atoms with Gasteiger partial charge in [-0.05, 0) is 19.1 Å². The predicted molar refractivity (Wildman–Crippen MR) is 68.5 cm³/mol. The Morgan fingerprint density at radius 3 is 2.83 bits per heavy atom. The molecule has 0 saturated heterocycles. The normalized spacial score (nSPS) is 12.3. The third-order valence-electron chi connectivity index (χ3n) is 2.74. The molecule has 0 saturated carbocycles. The van der Waals surface area contributed by atoms with Crippen LogP contribution in [0, 0.1) is 12.3 Å². The van der Waals surface area contributed by atoms with Crippen LogP contribution in [0.15, 0.2) is 23.5 Å². The van der Waals surface area contributed by atoms with Crippen molar-refractivity contribution in [1.82, 2.24) is 10.3 Å². The Morgan fingerprint density at radius 1 is 1.61 bits per heavy atom. The summed E-state index contributed by atoms with van der Waals surface area (Å²) in [4.78, 5) is 16.0. The highest BCUT2D eigenvalue weighted by atomic mass is 16.4. The molecule has 1 rings (SSSR count). The molecule has 0 aromatic carbocycles. The summed E-state index contributed by atoms with van der Waals surface area (Å²) >= 11 is 0. The van der Waals surface area contributed by atoms with E-state index in [1.165, 1.54) is 0 Å². The first-order valence-corrected chi connectivity index (χ1v) is 5.56. The number of nitrogens with two attached hydrogens (primary N) is 1. The van der Waals surface area contributed by atoms with Crippen molar-refractivity contribution in [3.63, 3.8) is 0 Å². The van der Waals surface area contributed by atoms with Crippen LogP contribution in [0.25, 0.3) is 0 Å². The highest BCUT2D eigenvalue weighted by Gasteiger charge is 2.24. The molecule has 6 nitrogen and oxygen atoms in total. The van der Waals surface area contributed by atoms with Crippen LogP contribution >= 0.6 is 0 Å². The van der Waals surface area contributed by atoms with Crippen molar-refractivity contribution in [1.29, 1.82) is 0 Å². The van der Waals surface area contributed by atoms with Gasteiger partial charge in [0.1, 0.15) is 5.84 Å². The molecule has 0 aliphatic heterocycles. The summed E-state index contributed by atoms with van der Waals surface area (Å²) < 4.78 is 0. The molecule has 1 heterocycles. The summed E-state index contributed by atoms with van der Waals surface area (Å²) in [6, 6.07) is 3.41. The van der Waals surface area contributed by atoms with Gasteiger partial charge in [0.15, 0.2) is 0 Å². The van der Waals surface area contributed by atoms with Crippen LogP contribution in [0.4, 0.5) is 0 Å². The van der Waals surface area contributed by atoms with Gasteiger partial charge in [-0.2, -0.15) is 0 Å². The van der Waals surface area contributed by atoms with Gasteiger partial charge in [-0.25, -0.2) is 0 Å². The van der Waals surface area contributed by atoms with Crippen LogP contribution in [0.2, 0.25) is 0 Å². The van der Waals surface area contributed by atoms with Gasteiger partial charge in [0.05, 0.1) is 5.56 Å².